The molecule has 13 heteroatoms. The first-order valence-corrected chi connectivity index (χ1v) is 11.2. The van der Waals surface area contributed by atoms with Crippen LogP contribution in [0, 0.1) is 17.6 Å². The van der Waals surface area contributed by atoms with Crippen molar-refractivity contribution in [1.82, 2.24) is 19.9 Å². The molecular formula is C24H21F5N6O2. The molecule has 1 aliphatic rings. The van der Waals surface area contributed by atoms with Gasteiger partial charge in [-0.25, -0.2) is 18.7 Å². The molecule has 0 radical (unpaired) electrons. The van der Waals surface area contributed by atoms with Gasteiger partial charge in [-0.05, 0) is 25.0 Å². The Morgan fingerprint density at radius 3 is 2.59 bits per heavy atom. The standard InChI is InChI=1S/C24H21F5N6O2/c25-17-4-3-13(18(26)7-17)10-32-20-8-19(23(37)35-5-1-2-14(12-35)21(30)36)33-22(34-20)15-6-16(11-31-9-15)24(27,28)29/h3-4,6-9,11,14H,1-2,5,10,12H2,(H2,30,36)(H,32,33,34). The van der Waals surface area contributed by atoms with Gasteiger partial charge in [-0.1, -0.05) is 6.07 Å². The van der Waals surface area contributed by atoms with E-state index in [0.29, 0.717) is 31.6 Å². The molecule has 0 spiro atoms. The van der Waals surface area contributed by atoms with Crippen LogP contribution in [-0.4, -0.2) is 44.8 Å². The molecule has 1 aromatic carbocycles. The monoisotopic (exact) mass is 520 g/mol. The van der Waals surface area contributed by atoms with E-state index in [-0.39, 0.29) is 41.6 Å². The predicted octanol–water partition coefficient (Wildman–Crippen LogP) is 3.79. The smallest absolute Gasteiger partial charge is 0.369 e. The third-order valence-electron chi connectivity index (χ3n) is 5.86. The highest BCUT2D eigenvalue weighted by molar-refractivity contribution is 5.94. The zero-order valence-corrected chi connectivity index (χ0v) is 19.2. The van der Waals surface area contributed by atoms with Gasteiger partial charge >= 0.3 is 6.18 Å². The zero-order valence-electron chi connectivity index (χ0n) is 19.2. The summed E-state index contributed by atoms with van der Waals surface area (Å²) in [5.41, 5.74) is 4.19. The highest BCUT2D eigenvalue weighted by Crippen LogP contribution is 2.31. The summed E-state index contributed by atoms with van der Waals surface area (Å²) < 4.78 is 67.0. The second-order valence-electron chi connectivity index (χ2n) is 8.50. The van der Waals surface area contributed by atoms with E-state index < -0.39 is 41.1 Å². The Labute approximate surface area is 207 Å². The third-order valence-corrected chi connectivity index (χ3v) is 5.86. The number of primary amides is 1. The van der Waals surface area contributed by atoms with Gasteiger partial charge in [-0.2, -0.15) is 13.2 Å². The molecule has 3 aromatic rings. The van der Waals surface area contributed by atoms with E-state index in [1.807, 2.05) is 0 Å². The summed E-state index contributed by atoms with van der Waals surface area (Å²) in [4.78, 5) is 38.2. The number of nitrogens with zero attached hydrogens (tertiary/aromatic N) is 4. The minimum absolute atomic E-state index is 0.0120. The normalized spacial score (nSPS) is 15.9. The molecule has 2 aromatic heterocycles. The summed E-state index contributed by atoms with van der Waals surface area (Å²) in [6.45, 7) is 0.239. The summed E-state index contributed by atoms with van der Waals surface area (Å²) in [6, 6.07) is 5.06. The Kier molecular flexibility index (Phi) is 7.32. The van der Waals surface area contributed by atoms with Crippen molar-refractivity contribution < 1.29 is 31.5 Å². The lowest BCUT2D eigenvalue weighted by Crippen LogP contribution is -2.44. The quantitative estimate of drug-likeness (QED) is 0.478. The van der Waals surface area contributed by atoms with E-state index in [4.69, 9.17) is 5.73 Å². The number of hydrogen-bond acceptors (Lipinski definition) is 6. The Bertz CT molecular complexity index is 1330. The Morgan fingerprint density at radius 1 is 1.11 bits per heavy atom. The molecule has 4 rings (SSSR count). The molecule has 0 saturated carbocycles. The number of alkyl halides is 3. The molecule has 3 N–H and O–H groups in total. The first-order chi connectivity index (χ1) is 17.5. The number of amides is 2. The van der Waals surface area contributed by atoms with Crippen LogP contribution in [0.2, 0.25) is 0 Å². The second-order valence-corrected chi connectivity index (χ2v) is 8.50. The SMILES string of the molecule is NC(=O)C1CCCN(C(=O)c2cc(NCc3ccc(F)cc3F)nc(-c3cncc(C(F)(F)F)c3)n2)C1. The van der Waals surface area contributed by atoms with Crippen LogP contribution in [0.4, 0.5) is 27.8 Å². The van der Waals surface area contributed by atoms with Gasteiger partial charge < -0.3 is 16.0 Å². The number of rotatable bonds is 6. The summed E-state index contributed by atoms with van der Waals surface area (Å²) >= 11 is 0. The van der Waals surface area contributed by atoms with Crippen molar-refractivity contribution >= 4 is 17.6 Å². The van der Waals surface area contributed by atoms with Crippen molar-refractivity contribution in [2.75, 3.05) is 18.4 Å². The fourth-order valence-corrected chi connectivity index (χ4v) is 3.90. The number of carbonyl (C=O) groups is 2. The van der Waals surface area contributed by atoms with Crippen LogP contribution in [0.1, 0.15) is 34.5 Å². The van der Waals surface area contributed by atoms with Crippen molar-refractivity contribution in [2.45, 2.75) is 25.6 Å². The molecule has 2 amide bonds. The zero-order chi connectivity index (χ0) is 26.7. The second kappa shape index (κ2) is 10.4. The van der Waals surface area contributed by atoms with Crippen molar-refractivity contribution in [3.63, 3.8) is 0 Å². The molecule has 1 atom stereocenters. The van der Waals surface area contributed by atoms with Crippen LogP contribution in [-0.2, 0) is 17.5 Å². The summed E-state index contributed by atoms with van der Waals surface area (Å²) in [5.74, 6) is -3.44. The Hall–Kier alpha value is -4.16. The lowest BCUT2D eigenvalue weighted by molar-refractivity contribution is -0.137. The molecule has 0 aliphatic carbocycles. The van der Waals surface area contributed by atoms with Crippen molar-refractivity contribution in [3.8, 4) is 11.4 Å². The maximum absolute atomic E-state index is 14.1. The van der Waals surface area contributed by atoms with Crippen LogP contribution >= 0.6 is 0 Å². The third kappa shape index (κ3) is 6.16. The summed E-state index contributed by atoms with van der Waals surface area (Å²) in [6.07, 6.45) is -1.85. The molecule has 1 unspecified atom stereocenters. The number of nitrogens with two attached hydrogens (primary N) is 1. The number of hydrogen-bond donors (Lipinski definition) is 2. The highest BCUT2D eigenvalue weighted by Gasteiger charge is 2.32. The molecule has 8 nitrogen and oxygen atoms in total. The number of aromatic nitrogens is 3. The van der Waals surface area contributed by atoms with E-state index in [1.165, 1.54) is 17.0 Å². The van der Waals surface area contributed by atoms with Gasteiger partial charge in [0.1, 0.15) is 23.1 Å². The first-order valence-electron chi connectivity index (χ1n) is 11.2. The number of likely N-dealkylation sites (tertiary alicyclic amines) is 1. The van der Waals surface area contributed by atoms with Crippen LogP contribution < -0.4 is 11.1 Å². The van der Waals surface area contributed by atoms with Crippen LogP contribution in [0.25, 0.3) is 11.4 Å². The lowest BCUT2D eigenvalue weighted by atomic mass is 9.97. The van der Waals surface area contributed by atoms with E-state index in [1.54, 1.807) is 0 Å². The Morgan fingerprint density at radius 2 is 1.89 bits per heavy atom. The van der Waals surface area contributed by atoms with Crippen molar-refractivity contribution in [3.05, 3.63) is 71.2 Å². The van der Waals surface area contributed by atoms with E-state index in [9.17, 15) is 31.5 Å². The molecule has 1 aliphatic heterocycles. The highest BCUT2D eigenvalue weighted by atomic mass is 19.4. The number of benzene rings is 1. The van der Waals surface area contributed by atoms with Gasteiger partial charge in [-0.15, -0.1) is 0 Å². The molecule has 3 heterocycles. The number of piperidine rings is 1. The first kappa shape index (κ1) is 25.9. The minimum atomic E-state index is -4.67. The molecular weight excluding hydrogens is 499 g/mol. The van der Waals surface area contributed by atoms with Gasteiger partial charge in [0, 0.05) is 55.3 Å². The maximum atomic E-state index is 14.1. The van der Waals surface area contributed by atoms with Gasteiger partial charge in [0.2, 0.25) is 5.91 Å². The molecule has 194 valence electrons. The number of halogens is 5. The topological polar surface area (TPSA) is 114 Å². The number of carbonyl (C=O) groups excluding carboxylic acids is 2. The van der Waals surface area contributed by atoms with E-state index in [0.717, 1.165) is 18.3 Å². The largest absolute Gasteiger partial charge is 0.417 e. The maximum Gasteiger partial charge on any atom is 0.417 e. The van der Waals surface area contributed by atoms with Crippen LogP contribution in [0.3, 0.4) is 0 Å². The fourth-order valence-electron chi connectivity index (χ4n) is 3.90. The average Bonchev–Trinajstić information content (AvgIpc) is 2.87. The molecule has 37 heavy (non-hydrogen) atoms. The number of nitrogens with one attached hydrogen (secondary N) is 1. The van der Waals surface area contributed by atoms with E-state index >= 15 is 0 Å². The van der Waals surface area contributed by atoms with Gasteiger partial charge in [0.05, 0.1) is 11.5 Å². The number of anilines is 1. The molecule has 1 fully saturated rings. The predicted molar refractivity (Wildman–Crippen MR) is 122 cm³/mol. The van der Waals surface area contributed by atoms with Gasteiger partial charge in [0.25, 0.3) is 5.91 Å². The number of pyridine rings is 1. The van der Waals surface area contributed by atoms with Crippen LogP contribution in [0.5, 0.6) is 0 Å². The van der Waals surface area contributed by atoms with Gasteiger partial charge in [-0.3, -0.25) is 14.6 Å². The average molecular weight is 520 g/mol. The van der Waals surface area contributed by atoms with Crippen molar-refractivity contribution in [1.29, 1.82) is 0 Å². The lowest BCUT2D eigenvalue weighted by Gasteiger charge is -2.31. The summed E-state index contributed by atoms with van der Waals surface area (Å²) in [5, 5.41) is 2.80. The van der Waals surface area contributed by atoms with Crippen LogP contribution in [0.15, 0.2) is 42.7 Å². The van der Waals surface area contributed by atoms with Crippen molar-refractivity contribution in [2.24, 2.45) is 11.7 Å². The fraction of sp³-hybridized carbons (Fsp3) is 0.292. The molecule has 0 bridgehead atoms. The summed E-state index contributed by atoms with van der Waals surface area (Å²) in [7, 11) is 0. The molecule has 1 saturated heterocycles. The minimum Gasteiger partial charge on any atom is -0.369 e. The Balaban J connectivity index is 1.70. The van der Waals surface area contributed by atoms with E-state index in [2.05, 4.69) is 20.3 Å². The van der Waals surface area contributed by atoms with Gasteiger partial charge in [0.15, 0.2) is 5.82 Å².